The maximum absolute atomic E-state index is 12.2. The van der Waals surface area contributed by atoms with Crippen molar-refractivity contribution in [3.8, 4) is 5.82 Å². The van der Waals surface area contributed by atoms with Gasteiger partial charge in [0.1, 0.15) is 5.82 Å². The maximum Gasteiger partial charge on any atom is 0.294 e. The van der Waals surface area contributed by atoms with Crippen LogP contribution in [0.25, 0.3) is 5.82 Å². The number of hydrogen-bond donors (Lipinski definition) is 0. The fraction of sp³-hybridized carbons (Fsp3) is 0.417. The minimum absolute atomic E-state index is 0.0878. The summed E-state index contributed by atoms with van der Waals surface area (Å²) in [7, 11) is 0. The summed E-state index contributed by atoms with van der Waals surface area (Å²) in [6, 6.07) is 0.123. The molecule has 5 nitrogen and oxygen atoms in total. The standard InChI is InChI=1S/C12H16N4O/c1-4-10-13-5-8-16(10)11-12(17)15(9(2)3)7-6-14-11/h5-9H,4H2,1-3H3. The van der Waals surface area contributed by atoms with Gasteiger partial charge in [-0.15, -0.1) is 0 Å². The van der Waals surface area contributed by atoms with Crippen molar-refractivity contribution in [3.05, 3.63) is 41.0 Å². The molecular weight excluding hydrogens is 216 g/mol. The van der Waals surface area contributed by atoms with Crippen LogP contribution in [-0.2, 0) is 6.42 Å². The summed E-state index contributed by atoms with van der Waals surface area (Å²) in [5.41, 5.74) is -0.0878. The molecule has 17 heavy (non-hydrogen) atoms. The molecule has 0 aromatic carbocycles. The van der Waals surface area contributed by atoms with E-state index in [1.54, 1.807) is 33.9 Å². The molecule has 0 radical (unpaired) electrons. The van der Waals surface area contributed by atoms with Crippen molar-refractivity contribution in [1.29, 1.82) is 0 Å². The van der Waals surface area contributed by atoms with E-state index in [0.29, 0.717) is 5.82 Å². The largest absolute Gasteiger partial charge is 0.308 e. The summed E-state index contributed by atoms with van der Waals surface area (Å²) >= 11 is 0. The highest BCUT2D eigenvalue weighted by atomic mass is 16.1. The first-order valence-corrected chi connectivity index (χ1v) is 5.75. The second-order valence-electron chi connectivity index (χ2n) is 4.12. The molecule has 0 bridgehead atoms. The monoisotopic (exact) mass is 232 g/mol. The lowest BCUT2D eigenvalue weighted by Crippen LogP contribution is -2.27. The zero-order valence-corrected chi connectivity index (χ0v) is 10.3. The number of hydrogen-bond acceptors (Lipinski definition) is 3. The zero-order chi connectivity index (χ0) is 12.4. The van der Waals surface area contributed by atoms with E-state index in [1.807, 2.05) is 20.8 Å². The molecule has 0 saturated heterocycles. The third kappa shape index (κ3) is 2.00. The van der Waals surface area contributed by atoms with Gasteiger partial charge in [-0.3, -0.25) is 9.36 Å². The molecule has 0 N–H and O–H groups in total. The van der Waals surface area contributed by atoms with Gasteiger partial charge in [0, 0.05) is 37.3 Å². The van der Waals surface area contributed by atoms with E-state index in [4.69, 9.17) is 0 Å². The first-order valence-electron chi connectivity index (χ1n) is 5.75. The van der Waals surface area contributed by atoms with Crippen molar-refractivity contribution < 1.29 is 0 Å². The number of aryl methyl sites for hydroxylation is 1. The van der Waals surface area contributed by atoms with Gasteiger partial charge < -0.3 is 4.57 Å². The fourth-order valence-corrected chi connectivity index (χ4v) is 1.77. The maximum atomic E-state index is 12.2. The highest BCUT2D eigenvalue weighted by Gasteiger charge is 2.11. The third-order valence-electron chi connectivity index (χ3n) is 2.67. The molecule has 0 atom stereocenters. The van der Waals surface area contributed by atoms with Gasteiger partial charge >= 0.3 is 0 Å². The average molecular weight is 232 g/mol. The van der Waals surface area contributed by atoms with Gasteiger partial charge in [0.2, 0.25) is 5.82 Å². The topological polar surface area (TPSA) is 52.7 Å². The lowest BCUT2D eigenvalue weighted by Gasteiger charge is -2.11. The van der Waals surface area contributed by atoms with E-state index in [1.165, 1.54) is 0 Å². The zero-order valence-electron chi connectivity index (χ0n) is 10.3. The van der Waals surface area contributed by atoms with E-state index in [-0.39, 0.29) is 11.6 Å². The van der Waals surface area contributed by atoms with E-state index < -0.39 is 0 Å². The molecule has 2 heterocycles. The number of aromatic nitrogens is 4. The predicted molar refractivity (Wildman–Crippen MR) is 65.4 cm³/mol. The Balaban J connectivity index is 2.61. The highest BCUT2D eigenvalue weighted by Crippen LogP contribution is 2.06. The van der Waals surface area contributed by atoms with Gasteiger partial charge in [-0.25, -0.2) is 9.97 Å². The normalized spacial score (nSPS) is 11.1. The van der Waals surface area contributed by atoms with E-state index in [9.17, 15) is 4.79 Å². The molecule has 0 fully saturated rings. The summed E-state index contributed by atoms with van der Waals surface area (Å²) in [5, 5.41) is 0. The van der Waals surface area contributed by atoms with Gasteiger partial charge in [-0.2, -0.15) is 0 Å². The number of nitrogens with zero attached hydrogens (tertiary/aromatic N) is 4. The molecule has 90 valence electrons. The molecule has 2 rings (SSSR count). The number of rotatable bonds is 3. The molecule has 5 heteroatoms. The third-order valence-corrected chi connectivity index (χ3v) is 2.67. The van der Waals surface area contributed by atoms with Crippen LogP contribution in [0.5, 0.6) is 0 Å². The molecule has 2 aromatic heterocycles. The molecule has 0 amide bonds. The summed E-state index contributed by atoms with van der Waals surface area (Å²) in [5.74, 6) is 1.26. The van der Waals surface area contributed by atoms with Gasteiger partial charge in [-0.05, 0) is 13.8 Å². The van der Waals surface area contributed by atoms with Gasteiger partial charge in [-0.1, -0.05) is 6.92 Å². The van der Waals surface area contributed by atoms with Crippen molar-refractivity contribution in [3.63, 3.8) is 0 Å². The molecule has 0 saturated carbocycles. The second-order valence-corrected chi connectivity index (χ2v) is 4.12. The smallest absolute Gasteiger partial charge is 0.294 e. The van der Waals surface area contributed by atoms with Crippen LogP contribution in [0.2, 0.25) is 0 Å². The number of imidazole rings is 1. The lowest BCUT2D eigenvalue weighted by atomic mass is 10.4. The van der Waals surface area contributed by atoms with Crippen molar-refractivity contribution >= 4 is 0 Å². The summed E-state index contributed by atoms with van der Waals surface area (Å²) in [4.78, 5) is 20.6. The van der Waals surface area contributed by atoms with Crippen LogP contribution in [0.15, 0.2) is 29.6 Å². The Hall–Kier alpha value is -1.91. The summed E-state index contributed by atoms with van der Waals surface area (Å²) in [6.07, 6.45) is 7.58. The van der Waals surface area contributed by atoms with Crippen LogP contribution in [0, 0.1) is 0 Å². The molecular formula is C12H16N4O. The van der Waals surface area contributed by atoms with E-state index >= 15 is 0 Å². The van der Waals surface area contributed by atoms with Crippen LogP contribution in [-0.4, -0.2) is 19.1 Å². The Morgan fingerprint density at radius 1 is 1.24 bits per heavy atom. The Labute approximate surface area is 99.8 Å². The van der Waals surface area contributed by atoms with E-state index in [0.717, 1.165) is 12.2 Å². The Morgan fingerprint density at radius 2 is 1.94 bits per heavy atom. The van der Waals surface area contributed by atoms with Crippen LogP contribution in [0.4, 0.5) is 0 Å². The van der Waals surface area contributed by atoms with Crippen LogP contribution < -0.4 is 5.56 Å². The molecule has 0 aliphatic heterocycles. The van der Waals surface area contributed by atoms with Gasteiger partial charge in [0.15, 0.2) is 0 Å². The SMILES string of the molecule is CCc1nccn1-c1nccn(C(C)C)c1=O. The molecule has 0 unspecified atom stereocenters. The lowest BCUT2D eigenvalue weighted by molar-refractivity contribution is 0.569. The minimum Gasteiger partial charge on any atom is -0.308 e. The Bertz CT molecular complexity index is 568. The van der Waals surface area contributed by atoms with Crippen LogP contribution in [0.3, 0.4) is 0 Å². The first kappa shape index (κ1) is 11.6. The van der Waals surface area contributed by atoms with Crippen molar-refractivity contribution in [1.82, 2.24) is 19.1 Å². The van der Waals surface area contributed by atoms with Gasteiger partial charge in [0.25, 0.3) is 5.56 Å². The van der Waals surface area contributed by atoms with Gasteiger partial charge in [0.05, 0.1) is 0 Å². The first-order chi connectivity index (χ1) is 8.15. The van der Waals surface area contributed by atoms with Crippen molar-refractivity contribution in [2.75, 3.05) is 0 Å². The summed E-state index contributed by atoms with van der Waals surface area (Å²) < 4.78 is 3.42. The Kier molecular flexibility index (Phi) is 3.08. The highest BCUT2D eigenvalue weighted by molar-refractivity contribution is 5.21. The molecule has 0 aliphatic rings. The quantitative estimate of drug-likeness (QED) is 0.807. The predicted octanol–water partition coefficient (Wildman–Crippen LogP) is 1.57. The van der Waals surface area contributed by atoms with E-state index in [2.05, 4.69) is 9.97 Å². The second kappa shape index (κ2) is 4.53. The van der Waals surface area contributed by atoms with Crippen molar-refractivity contribution in [2.24, 2.45) is 0 Å². The fourth-order valence-electron chi connectivity index (χ4n) is 1.77. The Morgan fingerprint density at radius 3 is 2.59 bits per heavy atom. The minimum atomic E-state index is -0.0878. The van der Waals surface area contributed by atoms with Crippen molar-refractivity contribution in [2.45, 2.75) is 33.2 Å². The molecule has 0 aliphatic carbocycles. The summed E-state index contributed by atoms with van der Waals surface area (Å²) in [6.45, 7) is 5.95. The average Bonchev–Trinajstić information content (AvgIpc) is 2.76. The van der Waals surface area contributed by atoms with Crippen LogP contribution in [0.1, 0.15) is 32.6 Å². The van der Waals surface area contributed by atoms with Crippen LogP contribution >= 0.6 is 0 Å². The molecule has 2 aromatic rings. The molecule has 0 spiro atoms.